The van der Waals surface area contributed by atoms with E-state index in [-0.39, 0.29) is 33.6 Å². The van der Waals surface area contributed by atoms with Gasteiger partial charge >= 0.3 is 0 Å². The second kappa shape index (κ2) is 12.4. The molecule has 3 aromatic carbocycles. The lowest BCUT2D eigenvalue weighted by Crippen LogP contribution is -2.14. The van der Waals surface area contributed by atoms with Gasteiger partial charge in [-0.05, 0) is 35.4 Å². The molecule has 210 valence electrons. The molecular weight excluding hydrogens is 530 g/mol. The van der Waals surface area contributed by atoms with E-state index in [0.717, 1.165) is 5.56 Å². The second-order valence-electron chi connectivity index (χ2n) is 7.88. The van der Waals surface area contributed by atoms with Crippen LogP contribution >= 0.6 is 0 Å². The molecule has 0 fully saturated rings. The number of methoxy groups -OCH3 is 7. The van der Waals surface area contributed by atoms with E-state index in [1.807, 2.05) is 0 Å². The average molecular weight is 562 g/mol. The lowest BCUT2D eigenvalue weighted by molar-refractivity contribution is 0.323. The van der Waals surface area contributed by atoms with Crippen molar-refractivity contribution in [3.05, 3.63) is 47.5 Å². The van der Waals surface area contributed by atoms with E-state index in [9.17, 15) is 13.5 Å². The highest BCUT2D eigenvalue weighted by molar-refractivity contribution is 7.92. The van der Waals surface area contributed by atoms with Crippen LogP contribution in [-0.2, 0) is 10.0 Å². The molecule has 0 aliphatic carbocycles. The van der Waals surface area contributed by atoms with E-state index in [1.165, 1.54) is 68.0 Å². The third-order valence-electron chi connectivity index (χ3n) is 5.67. The van der Waals surface area contributed by atoms with Crippen LogP contribution in [0.5, 0.6) is 46.0 Å². The highest BCUT2D eigenvalue weighted by atomic mass is 32.2. The first-order valence-electron chi connectivity index (χ1n) is 11.4. The van der Waals surface area contributed by atoms with Gasteiger partial charge in [-0.1, -0.05) is 12.2 Å². The lowest BCUT2D eigenvalue weighted by Gasteiger charge is -2.16. The van der Waals surface area contributed by atoms with E-state index < -0.39 is 15.8 Å². The molecule has 0 radical (unpaired) electrons. The maximum absolute atomic E-state index is 13.3. The molecule has 0 aliphatic rings. The van der Waals surface area contributed by atoms with Crippen molar-refractivity contribution in [1.29, 1.82) is 0 Å². The Hall–Kier alpha value is -4.45. The first kappa shape index (κ1) is 29.1. The van der Waals surface area contributed by atoms with E-state index in [4.69, 9.17) is 33.2 Å². The van der Waals surface area contributed by atoms with Gasteiger partial charge < -0.3 is 38.3 Å². The maximum atomic E-state index is 13.3. The quantitative estimate of drug-likeness (QED) is 0.242. The first-order chi connectivity index (χ1) is 18.7. The number of anilines is 1. The Labute approximate surface area is 227 Å². The zero-order valence-corrected chi connectivity index (χ0v) is 23.5. The number of aromatic hydroxyl groups is 1. The van der Waals surface area contributed by atoms with Gasteiger partial charge in [0.25, 0.3) is 10.0 Å². The van der Waals surface area contributed by atoms with Gasteiger partial charge in [-0.3, -0.25) is 4.72 Å². The molecule has 0 saturated carbocycles. The molecular formula is C27H31NO10S. The van der Waals surface area contributed by atoms with Gasteiger partial charge in [0, 0.05) is 12.1 Å². The van der Waals surface area contributed by atoms with Crippen LogP contribution < -0.4 is 37.9 Å². The van der Waals surface area contributed by atoms with Crippen molar-refractivity contribution in [2.45, 2.75) is 4.90 Å². The van der Waals surface area contributed by atoms with Crippen molar-refractivity contribution in [2.24, 2.45) is 0 Å². The summed E-state index contributed by atoms with van der Waals surface area (Å²) >= 11 is 0. The zero-order chi connectivity index (χ0) is 28.7. The van der Waals surface area contributed by atoms with E-state index >= 15 is 0 Å². The van der Waals surface area contributed by atoms with Gasteiger partial charge in [-0.25, -0.2) is 8.42 Å². The molecule has 0 saturated heterocycles. The number of hydrogen-bond acceptors (Lipinski definition) is 10. The van der Waals surface area contributed by atoms with Crippen LogP contribution in [0.15, 0.2) is 41.3 Å². The molecule has 0 spiro atoms. The van der Waals surface area contributed by atoms with Crippen molar-refractivity contribution in [3.8, 4) is 46.0 Å². The van der Waals surface area contributed by atoms with Crippen LogP contribution in [0, 0.1) is 0 Å². The molecule has 0 amide bonds. The fourth-order valence-electron chi connectivity index (χ4n) is 3.76. The molecule has 0 heterocycles. The third-order valence-corrected chi connectivity index (χ3v) is 7.01. The average Bonchev–Trinajstić information content (AvgIpc) is 2.95. The third kappa shape index (κ3) is 6.17. The van der Waals surface area contributed by atoms with Gasteiger partial charge in [0.2, 0.25) is 11.5 Å². The number of ether oxygens (including phenoxy) is 7. The van der Waals surface area contributed by atoms with Crippen molar-refractivity contribution in [3.63, 3.8) is 0 Å². The van der Waals surface area contributed by atoms with E-state index in [0.29, 0.717) is 22.8 Å². The summed E-state index contributed by atoms with van der Waals surface area (Å²) in [4.78, 5) is -0.172. The van der Waals surface area contributed by atoms with Crippen molar-refractivity contribution in [1.82, 2.24) is 0 Å². The number of phenols is 1. The Kier molecular flexibility index (Phi) is 9.25. The van der Waals surface area contributed by atoms with Gasteiger partial charge in [-0.15, -0.1) is 0 Å². The summed E-state index contributed by atoms with van der Waals surface area (Å²) in [7, 11) is 5.86. The van der Waals surface area contributed by atoms with Crippen LogP contribution in [-0.4, -0.2) is 63.3 Å². The molecule has 0 bridgehead atoms. The van der Waals surface area contributed by atoms with Crippen molar-refractivity contribution in [2.75, 3.05) is 54.5 Å². The van der Waals surface area contributed by atoms with Crippen LogP contribution in [0.1, 0.15) is 11.1 Å². The SMILES string of the molecule is COc1cc(C=Cc2cc(OC)c(OC)c(OC)c2)cc(NS(=O)(=O)c2cc(OC)c(OC)c(OC)c2)c1O. The minimum Gasteiger partial charge on any atom is -0.503 e. The summed E-state index contributed by atoms with van der Waals surface area (Å²) in [5, 5.41) is 10.7. The van der Waals surface area contributed by atoms with E-state index in [1.54, 1.807) is 30.4 Å². The molecule has 0 aliphatic heterocycles. The Morgan fingerprint density at radius 1 is 0.590 bits per heavy atom. The Morgan fingerprint density at radius 2 is 0.974 bits per heavy atom. The Morgan fingerprint density at radius 3 is 1.38 bits per heavy atom. The number of hydrogen-bond donors (Lipinski definition) is 2. The second-order valence-corrected chi connectivity index (χ2v) is 9.56. The predicted molar refractivity (Wildman–Crippen MR) is 147 cm³/mol. The molecule has 0 atom stereocenters. The van der Waals surface area contributed by atoms with Gasteiger partial charge in [-0.2, -0.15) is 0 Å². The number of benzene rings is 3. The summed E-state index contributed by atoms with van der Waals surface area (Å²) in [6.07, 6.45) is 3.47. The molecule has 12 heteroatoms. The molecule has 11 nitrogen and oxygen atoms in total. The summed E-state index contributed by atoms with van der Waals surface area (Å²) in [6.45, 7) is 0. The normalized spacial score (nSPS) is 11.2. The summed E-state index contributed by atoms with van der Waals surface area (Å²) < 4.78 is 66.2. The summed E-state index contributed by atoms with van der Waals surface area (Å²) in [6, 6.07) is 9.09. The first-order valence-corrected chi connectivity index (χ1v) is 12.9. The van der Waals surface area contributed by atoms with Crippen molar-refractivity contribution < 1.29 is 46.7 Å². The van der Waals surface area contributed by atoms with Gasteiger partial charge in [0.15, 0.2) is 34.5 Å². The van der Waals surface area contributed by atoms with Gasteiger partial charge in [0.1, 0.15) is 0 Å². The summed E-state index contributed by atoms with van der Waals surface area (Å²) in [5.74, 6) is 1.61. The lowest BCUT2D eigenvalue weighted by atomic mass is 10.1. The minimum atomic E-state index is -4.21. The fourth-order valence-corrected chi connectivity index (χ4v) is 4.85. The molecule has 3 aromatic rings. The maximum Gasteiger partial charge on any atom is 0.262 e. The molecule has 0 aromatic heterocycles. The van der Waals surface area contributed by atoms with Gasteiger partial charge in [0.05, 0.1) is 60.4 Å². The van der Waals surface area contributed by atoms with Crippen LogP contribution in [0.4, 0.5) is 5.69 Å². The number of nitrogens with one attached hydrogen (secondary N) is 1. The highest BCUT2D eigenvalue weighted by Crippen LogP contribution is 2.42. The fraction of sp³-hybridized carbons (Fsp3) is 0.259. The smallest absolute Gasteiger partial charge is 0.262 e. The van der Waals surface area contributed by atoms with Crippen molar-refractivity contribution >= 4 is 27.9 Å². The minimum absolute atomic E-state index is 0.0598. The largest absolute Gasteiger partial charge is 0.503 e. The molecule has 2 N–H and O–H groups in total. The number of rotatable bonds is 12. The molecule has 0 unspecified atom stereocenters. The Balaban J connectivity index is 2.03. The zero-order valence-electron chi connectivity index (χ0n) is 22.6. The Bertz CT molecular complexity index is 1420. The molecule has 39 heavy (non-hydrogen) atoms. The van der Waals surface area contributed by atoms with Crippen LogP contribution in [0.25, 0.3) is 12.2 Å². The summed E-state index contributed by atoms with van der Waals surface area (Å²) in [5.41, 5.74) is 1.14. The van der Waals surface area contributed by atoms with E-state index in [2.05, 4.69) is 4.72 Å². The molecule has 3 rings (SSSR count). The highest BCUT2D eigenvalue weighted by Gasteiger charge is 2.23. The van der Waals surface area contributed by atoms with Crippen LogP contribution in [0.3, 0.4) is 0 Å². The number of sulfonamides is 1. The topological polar surface area (TPSA) is 131 Å². The predicted octanol–water partition coefficient (Wildman–Crippen LogP) is 4.42. The monoisotopic (exact) mass is 561 g/mol. The van der Waals surface area contributed by atoms with Crippen LogP contribution in [0.2, 0.25) is 0 Å². The standard InChI is InChI=1S/C27H31NO10S/c1-32-20-11-16(8-9-17-12-21(33-2)26(37-6)22(13-17)34-3)10-19(25(20)29)28-39(30,31)18-14-23(35-4)27(38-7)24(15-18)36-5/h8-15,28-29H,1-7H3. The number of phenolic OH excluding ortho intramolecular Hbond substituents is 1.